The Morgan fingerprint density at radius 1 is 1.03 bits per heavy atom. The summed E-state index contributed by atoms with van der Waals surface area (Å²) in [6.07, 6.45) is 8.33. The molecule has 0 unspecified atom stereocenters. The van der Waals surface area contributed by atoms with Crippen molar-refractivity contribution in [1.29, 1.82) is 0 Å². The molecular weight excluding hydrogens is 386 g/mol. The molecule has 1 saturated heterocycles. The second-order valence-electron chi connectivity index (χ2n) is 7.10. The van der Waals surface area contributed by atoms with E-state index < -0.39 is 5.97 Å². The van der Waals surface area contributed by atoms with Gasteiger partial charge in [-0.2, -0.15) is 0 Å². The van der Waals surface area contributed by atoms with Crippen molar-refractivity contribution in [2.24, 2.45) is 0 Å². The molecule has 5 nitrogen and oxygen atoms in total. The van der Waals surface area contributed by atoms with E-state index in [9.17, 15) is 9.59 Å². The van der Waals surface area contributed by atoms with E-state index in [0.717, 1.165) is 29.8 Å². The van der Waals surface area contributed by atoms with Crippen LogP contribution in [0, 0.1) is 0 Å². The molecule has 0 aliphatic carbocycles. The summed E-state index contributed by atoms with van der Waals surface area (Å²) in [7, 11) is 0. The van der Waals surface area contributed by atoms with Crippen LogP contribution in [0.15, 0.2) is 36.4 Å². The number of hydrogen-bond acceptors (Lipinski definition) is 4. The van der Waals surface area contributed by atoms with Crippen molar-refractivity contribution in [3.05, 3.63) is 51.7 Å². The van der Waals surface area contributed by atoms with Crippen LogP contribution >= 0.6 is 11.3 Å². The normalized spacial score (nSPS) is 13.3. The fourth-order valence-electron chi connectivity index (χ4n) is 3.06. The van der Waals surface area contributed by atoms with Gasteiger partial charge in [0.25, 0.3) is 5.91 Å². The van der Waals surface area contributed by atoms with Crippen molar-refractivity contribution in [2.75, 3.05) is 18.2 Å². The fraction of sp³-hybridized carbons (Fsp3) is 0.478. The van der Waals surface area contributed by atoms with Gasteiger partial charge >= 0.3 is 5.97 Å². The topological polar surface area (TPSA) is 66.8 Å². The summed E-state index contributed by atoms with van der Waals surface area (Å²) in [5, 5.41) is 8.58. The van der Waals surface area contributed by atoms with Crippen LogP contribution in [0.2, 0.25) is 0 Å². The molecule has 29 heavy (non-hydrogen) atoms. The number of ether oxygens (including phenoxy) is 1. The zero-order valence-corrected chi connectivity index (χ0v) is 18.2. The number of aryl methyl sites for hydroxylation is 2. The lowest BCUT2D eigenvalue weighted by molar-refractivity contribution is -0.117. The third kappa shape index (κ3) is 7.63. The number of nitrogens with zero attached hydrogens (tertiary/aromatic N) is 1. The highest BCUT2D eigenvalue weighted by atomic mass is 32.1. The third-order valence-electron chi connectivity index (χ3n) is 4.68. The smallest absolute Gasteiger partial charge is 0.345 e. The van der Waals surface area contributed by atoms with Gasteiger partial charge in [0.15, 0.2) is 0 Å². The summed E-state index contributed by atoms with van der Waals surface area (Å²) in [5.74, 6) is -0.775. The standard InChI is InChI=1S/C15H21NO2.C8H10O2S/c1-2-3-4-5-6-13-7-9-14(10-8-13)16-12-18-11-15(16)17;1-2-3-6-4-5-7(11-6)8(9)10/h7-10H,2-6,11-12H2,1H3;4-5H,2-3H2,1H3,(H,9,10). The Morgan fingerprint density at radius 2 is 1.79 bits per heavy atom. The Hall–Kier alpha value is -2.18. The Labute approximate surface area is 177 Å². The van der Waals surface area contributed by atoms with E-state index in [4.69, 9.17) is 9.84 Å². The summed E-state index contributed by atoms with van der Waals surface area (Å²) >= 11 is 1.37. The van der Waals surface area contributed by atoms with E-state index in [0.29, 0.717) is 11.6 Å². The van der Waals surface area contributed by atoms with Crippen LogP contribution in [-0.4, -0.2) is 30.3 Å². The second kappa shape index (κ2) is 12.4. The molecule has 3 rings (SSSR count). The quantitative estimate of drug-likeness (QED) is 0.545. The predicted octanol–water partition coefficient (Wildman–Crippen LogP) is 5.53. The van der Waals surface area contributed by atoms with Crippen molar-refractivity contribution in [3.63, 3.8) is 0 Å². The first-order valence-corrected chi connectivity index (χ1v) is 11.2. The maximum Gasteiger partial charge on any atom is 0.345 e. The number of rotatable bonds is 9. The number of carbonyl (C=O) groups excluding carboxylic acids is 1. The van der Waals surface area contributed by atoms with Crippen LogP contribution in [0.1, 0.15) is 66.1 Å². The van der Waals surface area contributed by atoms with E-state index >= 15 is 0 Å². The van der Waals surface area contributed by atoms with Gasteiger partial charge in [-0.25, -0.2) is 4.79 Å². The lowest BCUT2D eigenvalue weighted by Gasteiger charge is -2.14. The van der Waals surface area contributed by atoms with Crippen molar-refractivity contribution in [2.45, 2.75) is 58.8 Å². The van der Waals surface area contributed by atoms with Crippen LogP contribution in [0.4, 0.5) is 5.69 Å². The first kappa shape index (κ1) is 23.1. The number of carboxylic acids is 1. The number of thiophene rings is 1. The molecule has 6 heteroatoms. The highest BCUT2D eigenvalue weighted by Crippen LogP contribution is 2.19. The Kier molecular flexibility index (Phi) is 9.88. The van der Waals surface area contributed by atoms with Crippen LogP contribution in [-0.2, 0) is 22.4 Å². The van der Waals surface area contributed by atoms with Crippen molar-refractivity contribution >= 4 is 28.9 Å². The molecule has 2 aromatic rings. The summed E-state index contributed by atoms with van der Waals surface area (Å²) in [4.78, 5) is 25.2. The lowest BCUT2D eigenvalue weighted by Crippen LogP contribution is -2.24. The van der Waals surface area contributed by atoms with E-state index in [-0.39, 0.29) is 12.5 Å². The number of benzene rings is 1. The predicted molar refractivity (Wildman–Crippen MR) is 118 cm³/mol. The molecule has 1 aliphatic rings. The maximum absolute atomic E-state index is 11.5. The Bertz CT molecular complexity index is 769. The molecular formula is C23H31NO4S. The minimum atomic E-state index is -0.822. The van der Waals surface area contributed by atoms with E-state index in [1.54, 1.807) is 11.0 Å². The minimum absolute atomic E-state index is 0.0469. The van der Waals surface area contributed by atoms with Gasteiger partial charge in [-0.1, -0.05) is 51.7 Å². The molecule has 2 heterocycles. The molecule has 1 amide bonds. The number of unbranched alkanes of at least 4 members (excludes halogenated alkanes) is 3. The Balaban J connectivity index is 0.000000234. The molecule has 0 spiro atoms. The number of carboxylic acid groups (broad SMARTS) is 1. The lowest BCUT2D eigenvalue weighted by atomic mass is 10.1. The summed E-state index contributed by atoms with van der Waals surface area (Å²) in [6, 6.07) is 11.8. The van der Waals surface area contributed by atoms with Gasteiger partial charge in [0.2, 0.25) is 0 Å². The number of anilines is 1. The molecule has 0 radical (unpaired) electrons. The maximum atomic E-state index is 11.5. The largest absolute Gasteiger partial charge is 0.477 e. The number of aromatic carboxylic acids is 1. The van der Waals surface area contributed by atoms with Gasteiger partial charge in [0.1, 0.15) is 18.2 Å². The first-order chi connectivity index (χ1) is 14.0. The average Bonchev–Trinajstić information content (AvgIpc) is 3.36. The molecule has 1 fully saturated rings. The van der Waals surface area contributed by atoms with Crippen molar-refractivity contribution in [3.8, 4) is 0 Å². The molecule has 0 bridgehead atoms. The number of amides is 1. The average molecular weight is 418 g/mol. The molecule has 1 aliphatic heterocycles. The summed E-state index contributed by atoms with van der Waals surface area (Å²) in [5.41, 5.74) is 2.29. The molecule has 0 saturated carbocycles. The van der Waals surface area contributed by atoms with Gasteiger partial charge in [0, 0.05) is 10.6 Å². The van der Waals surface area contributed by atoms with Gasteiger partial charge in [-0.3, -0.25) is 9.69 Å². The summed E-state index contributed by atoms with van der Waals surface area (Å²) < 4.78 is 5.12. The van der Waals surface area contributed by atoms with Crippen LogP contribution in [0.25, 0.3) is 0 Å². The SMILES string of the molecule is CCCCCCc1ccc(N2COCC2=O)cc1.CCCc1ccc(C(=O)O)s1. The second-order valence-corrected chi connectivity index (χ2v) is 8.27. The van der Waals surface area contributed by atoms with E-state index in [2.05, 4.69) is 26.0 Å². The molecule has 1 aromatic carbocycles. The zero-order valence-electron chi connectivity index (χ0n) is 17.4. The zero-order chi connectivity index (χ0) is 21.1. The molecule has 1 aromatic heterocycles. The molecule has 158 valence electrons. The minimum Gasteiger partial charge on any atom is -0.477 e. The van der Waals surface area contributed by atoms with E-state index in [1.807, 2.05) is 18.2 Å². The fourth-order valence-corrected chi connectivity index (χ4v) is 4.01. The van der Waals surface area contributed by atoms with E-state index in [1.165, 1.54) is 42.6 Å². The highest BCUT2D eigenvalue weighted by molar-refractivity contribution is 7.13. The van der Waals surface area contributed by atoms with Gasteiger partial charge in [0.05, 0.1) is 0 Å². The van der Waals surface area contributed by atoms with Crippen LogP contribution in [0.3, 0.4) is 0 Å². The Morgan fingerprint density at radius 3 is 2.34 bits per heavy atom. The molecule has 0 atom stereocenters. The van der Waals surface area contributed by atoms with Crippen molar-refractivity contribution < 1.29 is 19.4 Å². The van der Waals surface area contributed by atoms with Gasteiger partial charge in [-0.05, 0) is 49.1 Å². The van der Waals surface area contributed by atoms with Crippen molar-refractivity contribution in [1.82, 2.24) is 0 Å². The van der Waals surface area contributed by atoms with Gasteiger partial charge < -0.3 is 9.84 Å². The monoisotopic (exact) mass is 417 g/mol. The third-order valence-corrected chi connectivity index (χ3v) is 5.82. The van der Waals surface area contributed by atoms with Crippen LogP contribution in [0.5, 0.6) is 0 Å². The number of hydrogen-bond donors (Lipinski definition) is 1. The summed E-state index contributed by atoms with van der Waals surface area (Å²) in [6.45, 7) is 4.90. The van der Waals surface area contributed by atoms with Crippen LogP contribution < -0.4 is 4.90 Å². The highest BCUT2D eigenvalue weighted by Gasteiger charge is 2.22. The van der Waals surface area contributed by atoms with Gasteiger partial charge in [-0.15, -0.1) is 11.3 Å². The first-order valence-electron chi connectivity index (χ1n) is 10.3. The molecule has 1 N–H and O–H groups in total. The number of carbonyl (C=O) groups is 2.